The lowest BCUT2D eigenvalue weighted by Gasteiger charge is -1.99. The van der Waals surface area contributed by atoms with Crippen LogP contribution in [0.2, 0.25) is 0 Å². The maximum absolute atomic E-state index is 9.26. The number of benzene rings is 1. The number of aromatic nitrogens is 1. The maximum atomic E-state index is 9.26. The Balaban J connectivity index is 0.000000326. The Morgan fingerprint density at radius 1 is 1.12 bits per heavy atom. The molecule has 130 valence electrons. The highest BCUT2D eigenvalue weighted by Crippen LogP contribution is 2.26. The second-order valence-corrected chi connectivity index (χ2v) is 5.49. The van der Waals surface area contributed by atoms with Gasteiger partial charge in [-0.25, -0.2) is 14.6 Å². The predicted molar refractivity (Wildman–Crippen MR) is 90.5 cm³/mol. The Morgan fingerprint density at radius 2 is 1.80 bits per heavy atom. The highest BCUT2D eigenvalue weighted by Gasteiger charge is 2.05. The number of hydrogen-bond acceptors (Lipinski definition) is 7. The van der Waals surface area contributed by atoms with Crippen molar-refractivity contribution in [3.05, 3.63) is 53.8 Å². The molecule has 4 N–H and O–H groups in total. The summed E-state index contributed by atoms with van der Waals surface area (Å²) in [7, 11) is 0. The fraction of sp³-hybridized carbons (Fsp3) is 0.0625. The van der Waals surface area contributed by atoms with E-state index in [1.807, 2.05) is 29.6 Å². The summed E-state index contributed by atoms with van der Waals surface area (Å²) in [6.45, 7) is 0.621. The molecule has 3 rings (SSSR count). The molecule has 2 aromatic heterocycles. The first-order valence-electron chi connectivity index (χ1n) is 6.93. The van der Waals surface area contributed by atoms with Gasteiger partial charge < -0.3 is 25.1 Å². The number of carboxylic acids is 2. The molecule has 0 atom stereocenters. The molecule has 2 heterocycles. The Labute approximate surface area is 146 Å². The summed E-state index contributed by atoms with van der Waals surface area (Å²) >= 11 is 1.54. The molecular weight excluding hydrogens is 348 g/mol. The van der Waals surface area contributed by atoms with Gasteiger partial charge in [0.05, 0.1) is 18.5 Å². The summed E-state index contributed by atoms with van der Waals surface area (Å²) in [4.78, 5) is 22.7. The number of thiazole rings is 1. The smallest absolute Gasteiger partial charge is 0.414 e. The number of rotatable bonds is 4. The predicted octanol–water partition coefficient (Wildman–Crippen LogP) is 2.88. The summed E-state index contributed by atoms with van der Waals surface area (Å²) in [6, 6.07) is 10.8. The molecule has 25 heavy (non-hydrogen) atoms. The standard InChI is InChI=1S/C14H12N2O2S.C2H2O4/c17-11-5-3-10(4-6-11)13-9-19-14(16-13)15-8-12-2-1-7-18-12;3-1(4)2(5)6/h1-7,9,17H,8H2,(H,15,16);(H,3,4)(H,5,6). The van der Waals surface area contributed by atoms with E-state index in [2.05, 4.69) is 10.3 Å². The van der Waals surface area contributed by atoms with Crippen LogP contribution in [0.1, 0.15) is 5.76 Å². The number of carboxylic acid groups (broad SMARTS) is 2. The summed E-state index contributed by atoms with van der Waals surface area (Å²) in [5.41, 5.74) is 1.88. The van der Waals surface area contributed by atoms with Crippen LogP contribution in [0, 0.1) is 0 Å². The largest absolute Gasteiger partial charge is 0.508 e. The number of nitrogens with one attached hydrogen (secondary N) is 1. The van der Waals surface area contributed by atoms with Gasteiger partial charge in [0, 0.05) is 10.9 Å². The summed E-state index contributed by atoms with van der Waals surface area (Å²) in [5, 5.41) is 30.1. The van der Waals surface area contributed by atoms with Crippen molar-refractivity contribution in [1.82, 2.24) is 4.98 Å². The molecule has 0 aliphatic rings. The van der Waals surface area contributed by atoms with Gasteiger partial charge in [0.25, 0.3) is 0 Å². The normalized spacial score (nSPS) is 9.76. The third kappa shape index (κ3) is 5.66. The first kappa shape index (κ1) is 18.0. The molecule has 0 radical (unpaired) electrons. The van der Waals surface area contributed by atoms with Gasteiger partial charge in [0.2, 0.25) is 0 Å². The van der Waals surface area contributed by atoms with Gasteiger partial charge in [-0.3, -0.25) is 0 Å². The van der Waals surface area contributed by atoms with E-state index in [-0.39, 0.29) is 5.75 Å². The van der Waals surface area contributed by atoms with Gasteiger partial charge in [-0.1, -0.05) is 0 Å². The average Bonchev–Trinajstić information content (AvgIpc) is 3.26. The molecular formula is C16H14N2O6S. The van der Waals surface area contributed by atoms with Crippen LogP contribution in [0.25, 0.3) is 11.3 Å². The van der Waals surface area contributed by atoms with Crippen molar-refractivity contribution in [1.29, 1.82) is 0 Å². The lowest BCUT2D eigenvalue weighted by atomic mass is 10.2. The fourth-order valence-electron chi connectivity index (χ4n) is 1.70. The monoisotopic (exact) mass is 362 g/mol. The van der Waals surface area contributed by atoms with E-state index in [1.54, 1.807) is 29.7 Å². The van der Waals surface area contributed by atoms with Gasteiger partial charge in [-0.15, -0.1) is 11.3 Å². The number of furan rings is 1. The molecule has 3 aromatic rings. The molecule has 0 saturated carbocycles. The first-order chi connectivity index (χ1) is 12.0. The van der Waals surface area contributed by atoms with Crippen molar-refractivity contribution in [3.8, 4) is 17.0 Å². The van der Waals surface area contributed by atoms with Crippen molar-refractivity contribution in [2.45, 2.75) is 6.54 Å². The van der Waals surface area contributed by atoms with Gasteiger partial charge in [0.15, 0.2) is 5.13 Å². The van der Waals surface area contributed by atoms with Gasteiger partial charge in [-0.2, -0.15) is 0 Å². The molecule has 0 spiro atoms. The van der Waals surface area contributed by atoms with Crippen molar-refractivity contribution in [3.63, 3.8) is 0 Å². The van der Waals surface area contributed by atoms with Crippen molar-refractivity contribution in [2.75, 3.05) is 5.32 Å². The number of phenolic OH excluding ortho intramolecular Hbond substituents is 1. The quantitative estimate of drug-likeness (QED) is 0.521. The van der Waals surface area contributed by atoms with Crippen LogP contribution in [0.4, 0.5) is 5.13 Å². The number of nitrogens with zero attached hydrogens (tertiary/aromatic N) is 1. The highest BCUT2D eigenvalue weighted by atomic mass is 32.1. The molecule has 0 fully saturated rings. The molecule has 0 aliphatic heterocycles. The molecule has 8 nitrogen and oxygen atoms in total. The lowest BCUT2D eigenvalue weighted by molar-refractivity contribution is -0.159. The average molecular weight is 362 g/mol. The highest BCUT2D eigenvalue weighted by molar-refractivity contribution is 7.14. The van der Waals surface area contributed by atoms with E-state index in [9.17, 15) is 5.11 Å². The third-order valence-electron chi connectivity index (χ3n) is 2.84. The zero-order valence-corrected chi connectivity index (χ0v) is 13.6. The number of anilines is 1. The first-order valence-corrected chi connectivity index (χ1v) is 7.81. The Kier molecular flexibility index (Phi) is 6.13. The fourth-order valence-corrected chi connectivity index (χ4v) is 2.41. The number of aliphatic carboxylic acids is 2. The van der Waals surface area contributed by atoms with E-state index >= 15 is 0 Å². The molecule has 0 unspecified atom stereocenters. The van der Waals surface area contributed by atoms with Crippen LogP contribution in [0.3, 0.4) is 0 Å². The van der Waals surface area contributed by atoms with Crippen molar-refractivity contribution in [2.24, 2.45) is 0 Å². The molecule has 0 aliphatic carbocycles. The number of carbonyl (C=O) groups is 2. The van der Waals surface area contributed by atoms with Crippen molar-refractivity contribution < 1.29 is 29.3 Å². The number of aromatic hydroxyl groups is 1. The van der Waals surface area contributed by atoms with E-state index < -0.39 is 11.9 Å². The molecule has 9 heteroatoms. The summed E-state index contributed by atoms with van der Waals surface area (Å²) in [6.07, 6.45) is 1.65. The lowest BCUT2D eigenvalue weighted by Crippen LogP contribution is -2.09. The molecule has 0 bridgehead atoms. The van der Waals surface area contributed by atoms with E-state index in [4.69, 9.17) is 24.2 Å². The molecule has 0 amide bonds. The van der Waals surface area contributed by atoms with Crippen LogP contribution in [0.15, 0.2) is 52.5 Å². The Morgan fingerprint density at radius 3 is 2.36 bits per heavy atom. The van der Waals surface area contributed by atoms with Crippen LogP contribution >= 0.6 is 11.3 Å². The Bertz CT molecular complexity index is 815. The third-order valence-corrected chi connectivity index (χ3v) is 3.64. The van der Waals surface area contributed by atoms with Crippen LogP contribution in [-0.2, 0) is 16.1 Å². The minimum Gasteiger partial charge on any atom is -0.508 e. The Hall–Kier alpha value is -3.33. The zero-order valence-electron chi connectivity index (χ0n) is 12.7. The second kappa shape index (κ2) is 8.50. The van der Waals surface area contributed by atoms with E-state index in [1.165, 1.54) is 0 Å². The van der Waals surface area contributed by atoms with Crippen LogP contribution in [0.5, 0.6) is 5.75 Å². The molecule has 1 aromatic carbocycles. The minimum atomic E-state index is -1.82. The zero-order chi connectivity index (χ0) is 18.2. The van der Waals surface area contributed by atoms with Crippen LogP contribution < -0.4 is 5.32 Å². The van der Waals surface area contributed by atoms with Crippen molar-refractivity contribution >= 4 is 28.4 Å². The van der Waals surface area contributed by atoms with Gasteiger partial charge >= 0.3 is 11.9 Å². The van der Waals surface area contributed by atoms with Gasteiger partial charge in [-0.05, 0) is 36.4 Å². The van der Waals surface area contributed by atoms with Gasteiger partial charge in [0.1, 0.15) is 11.5 Å². The molecule has 0 saturated heterocycles. The van der Waals surface area contributed by atoms with E-state index in [0.717, 1.165) is 22.1 Å². The number of phenols is 1. The summed E-state index contributed by atoms with van der Waals surface area (Å²) < 4.78 is 5.25. The second-order valence-electron chi connectivity index (χ2n) is 4.63. The minimum absolute atomic E-state index is 0.259. The van der Waals surface area contributed by atoms with E-state index in [0.29, 0.717) is 6.54 Å². The summed E-state index contributed by atoms with van der Waals surface area (Å²) in [5.74, 6) is -2.51. The SMILES string of the molecule is O=C(O)C(=O)O.Oc1ccc(-c2csc(NCc3ccco3)n2)cc1. The van der Waals surface area contributed by atoms with Crippen LogP contribution in [-0.4, -0.2) is 32.2 Å². The maximum Gasteiger partial charge on any atom is 0.414 e. The topological polar surface area (TPSA) is 133 Å². The number of hydrogen-bond donors (Lipinski definition) is 4.